The molecule has 3 aromatic rings. The van der Waals surface area contributed by atoms with Crippen molar-refractivity contribution in [1.29, 1.82) is 0 Å². The minimum absolute atomic E-state index is 0.167. The molecule has 0 aliphatic carbocycles. The molecular weight excluding hydrogens is 366 g/mol. The van der Waals surface area contributed by atoms with Crippen LogP contribution in [0.4, 0.5) is 5.69 Å². The molecule has 2 heterocycles. The van der Waals surface area contributed by atoms with Gasteiger partial charge >= 0.3 is 0 Å². The van der Waals surface area contributed by atoms with Crippen LogP contribution >= 0.6 is 24.0 Å². The van der Waals surface area contributed by atoms with Crippen molar-refractivity contribution in [3.05, 3.63) is 65.3 Å². The van der Waals surface area contributed by atoms with Gasteiger partial charge in [0.05, 0.1) is 40.6 Å². The van der Waals surface area contributed by atoms with Gasteiger partial charge in [-0.05, 0) is 42.5 Å². The van der Waals surface area contributed by atoms with Crippen LogP contribution in [0.25, 0.3) is 17.1 Å². The minimum atomic E-state index is -0.167. The number of carbonyl (C=O) groups excluding carboxylic acids is 1. The minimum Gasteiger partial charge on any atom is -0.497 e. The van der Waals surface area contributed by atoms with E-state index < -0.39 is 0 Å². The zero-order valence-corrected chi connectivity index (χ0v) is 15.4. The summed E-state index contributed by atoms with van der Waals surface area (Å²) in [5.41, 5.74) is 2.93. The Labute approximate surface area is 159 Å². The molecule has 1 aliphatic heterocycles. The van der Waals surface area contributed by atoms with Crippen LogP contribution < -0.4 is 9.64 Å². The summed E-state index contributed by atoms with van der Waals surface area (Å²) in [5.74, 6) is 0.557. The van der Waals surface area contributed by atoms with Gasteiger partial charge in [0.25, 0.3) is 5.91 Å². The number of aromatic nitrogens is 2. The number of thiocarbonyl (C=S) groups is 1. The Hall–Kier alpha value is -2.77. The summed E-state index contributed by atoms with van der Waals surface area (Å²) in [5, 5.41) is 0. The number of anilines is 1. The lowest BCUT2D eigenvalue weighted by atomic mass is 10.2. The lowest BCUT2D eigenvalue weighted by molar-refractivity contribution is -0.113. The van der Waals surface area contributed by atoms with Gasteiger partial charge in [-0.1, -0.05) is 36.1 Å². The molecule has 0 spiro atoms. The Morgan fingerprint density at radius 1 is 1.12 bits per heavy atom. The second-order valence-corrected chi connectivity index (χ2v) is 7.17. The molecule has 0 atom stereocenters. The van der Waals surface area contributed by atoms with Crippen LogP contribution in [0.2, 0.25) is 0 Å². The van der Waals surface area contributed by atoms with Crippen molar-refractivity contribution < 1.29 is 9.53 Å². The Kier molecular flexibility index (Phi) is 4.40. The van der Waals surface area contributed by atoms with E-state index in [4.69, 9.17) is 17.0 Å². The molecule has 1 saturated heterocycles. The second kappa shape index (κ2) is 6.86. The van der Waals surface area contributed by atoms with Gasteiger partial charge in [-0.25, -0.2) is 4.98 Å². The third kappa shape index (κ3) is 3.07. The summed E-state index contributed by atoms with van der Waals surface area (Å²) in [7, 11) is 1.60. The highest BCUT2D eigenvalue weighted by Crippen LogP contribution is 2.36. The fraction of sp³-hybridized carbons (Fsp3) is 0.0526. The van der Waals surface area contributed by atoms with Gasteiger partial charge in [-0.3, -0.25) is 14.7 Å². The lowest BCUT2D eigenvalue weighted by Crippen LogP contribution is -2.27. The van der Waals surface area contributed by atoms with Gasteiger partial charge in [0.1, 0.15) is 5.75 Å². The number of hydrogen-bond donors (Lipinski definition) is 0. The van der Waals surface area contributed by atoms with Gasteiger partial charge in [0.2, 0.25) is 0 Å². The van der Waals surface area contributed by atoms with E-state index in [1.165, 1.54) is 16.7 Å². The Balaban J connectivity index is 1.65. The molecule has 1 fully saturated rings. The molecule has 0 bridgehead atoms. The third-order valence-corrected chi connectivity index (χ3v) is 5.17. The third-order valence-electron chi connectivity index (χ3n) is 3.87. The van der Waals surface area contributed by atoms with Crippen LogP contribution in [0, 0.1) is 0 Å². The van der Waals surface area contributed by atoms with Crippen molar-refractivity contribution in [2.24, 2.45) is 0 Å². The van der Waals surface area contributed by atoms with Crippen molar-refractivity contribution in [1.82, 2.24) is 9.97 Å². The van der Waals surface area contributed by atoms with E-state index in [1.807, 2.05) is 36.4 Å². The van der Waals surface area contributed by atoms with E-state index in [9.17, 15) is 4.79 Å². The maximum atomic E-state index is 12.8. The number of methoxy groups -OCH3 is 1. The molecule has 0 N–H and O–H groups in total. The summed E-state index contributed by atoms with van der Waals surface area (Å²) < 4.78 is 5.64. The number of amides is 1. The largest absolute Gasteiger partial charge is 0.497 e. The fourth-order valence-electron chi connectivity index (χ4n) is 2.60. The normalized spacial score (nSPS) is 15.9. The number of ether oxygens (including phenoxy) is 1. The van der Waals surface area contributed by atoms with Gasteiger partial charge in [0.15, 0.2) is 4.32 Å². The van der Waals surface area contributed by atoms with Gasteiger partial charge in [0, 0.05) is 0 Å². The zero-order chi connectivity index (χ0) is 18.1. The average Bonchev–Trinajstić information content (AvgIpc) is 2.95. The van der Waals surface area contributed by atoms with Crippen LogP contribution in [0.15, 0.2) is 59.6 Å². The number of benzene rings is 2. The predicted molar refractivity (Wildman–Crippen MR) is 108 cm³/mol. The molecule has 0 radical (unpaired) electrons. The summed E-state index contributed by atoms with van der Waals surface area (Å²) in [6.07, 6.45) is 3.38. The van der Waals surface area contributed by atoms with E-state index in [0.717, 1.165) is 16.8 Å². The summed E-state index contributed by atoms with van der Waals surface area (Å²) in [4.78, 5) is 23.8. The van der Waals surface area contributed by atoms with Gasteiger partial charge in [-0.2, -0.15) is 0 Å². The first-order valence-corrected chi connectivity index (χ1v) is 9.02. The quantitative estimate of drug-likeness (QED) is 0.506. The van der Waals surface area contributed by atoms with E-state index >= 15 is 0 Å². The van der Waals surface area contributed by atoms with E-state index in [0.29, 0.717) is 20.6 Å². The number of para-hydroxylation sites is 2. The first-order valence-electron chi connectivity index (χ1n) is 7.79. The molecular formula is C19H13N3O2S2. The maximum Gasteiger partial charge on any atom is 0.270 e. The molecule has 7 heteroatoms. The van der Waals surface area contributed by atoms with E-state index in [2.05, 4.69) is 9.97 Å². The molecule has 2 aromatic carbocycles. The number of carbonyl (C=O) groups is 1. The number of hydrogen-bond acceptors (Lipinski definition) is 6. The van der Waals surface area contributed by atoms with Gasteiger partial charge in [-0.15, -0.1) is 0 Å². The highest BCUT2D eigenvalue weighted by molar-refractivity contribution is 8.27. The summed E-state index contributed by atoms with van der Waals surface area (Å²) >= 11 is 6.65. The van der Waals surface area contributed by atoms with Crippen LogP contribution in [0.5, 0.6) is 5.75 Å². The number of thioether (sulfide) groups is 1. The molecule has 1 aliphatic rings. The second-order valence-electron chi connectivity index (χ2n) is 5.50. The van der Waals surface area contributed by atoms with Gasteiger partial charge < -0.3 is 4.74 Å². The summed E-state index contributed by atoms with van der Waals surface area (Å²) in [6.45, 7) is 0. The number of nitrogens with zero attached hydrogens (tertiary/aromatic N) is 3. The van der Waals surface area contributed by atoms with Crippen molar-refractivity contribution in [2.75, 3.05) is 12.0 Å². The zero-order valence-electron chi connectivity index (χ0n) is 13.7. The van der Waals surface area contributed by atoms with E-state index in [1.54, 1.807) is 31.5 Å². The van der Waals surface area contributed by atoms with Crippen LogP contribution in [0.1, 0.15) is 5.69 Å². The molecule has 26 heavy (non-hydrogen) atoms. The lowest BCUT2D eigenvalue weighted by Gasteiger charge is -2.14. The van der Waals surface area contributed by atoms with Crippen molar-refractivity contribution in [3.8, 4) is 5.75 Å². The maximum absolute atomic E-state index is 12.8. The van der Waals surface area contributed by atoms with Crippen LogP contribution in [-0.2, 0) is 4.79 Å². The topological polar surface area (TPSA) is 55.3 Å². The predicted octanol–water partition coefficient (Wildman–Crippen LogP) is 4.04. The molecule has 0 unspecified atom stereocenters. The average molecular weight is 379 g/mol. The molecule has 0 saturated carbocycles. The van der Waals surface area contributed by atoms with Crippen molar-refractivity contribution in [3.63, 3.8) is 0 Å². The Bertz CT molecular complexity index is 1050. The Morgan fingerprint density at radius 3 is 2.58 bits per heavy atom. The summed E-state index contributed by atoms with van der Waals surface area (Å²) in [6, 6.07) is 14.8. The number of rotatable bonds is 3. The molecule has 4 rings (SSSR count). The van der Waals surface area contributed by atoms with Crippen LogP contribution in [0.3, 0.4) is 0 Å². The SMILES string of the molecule is COc1ccc(N2C(=O)/C(=C\c3cnc4ccccc4n3)SC2=S)cc1. The molecule has 1 amide bonds. The number of fused-ring (bicyclic) bond motifs is 1. The first-order chi connectivity index (χ1) is 12.7. The highest BCUT2D eigenvalue weighted by Gasteiger charge is 2.33. The Morgan fingerprint density at radius 2 is 1.85 bits per heavy atom. The standard InChI is InChI=1S/C19H13N3O2S2/c1-24-14-8-6-13(7-9-14)22-18(23)17(26-19(22)25)10-12-11-20-15-4-2-3-5-16(15)21-12/h2-11H,1H3/b17-10+. The monoisotopic (exact) mass is 379 g/mol. The smallest absolute Gasteiger partial charge is 0.270 e. The molecule has 5 nitrogen and oxygen atoms in total. The molecule has 128 valence electrons. The highest BCUT2D eigenvalue weighted by atomic mass is 32.2. The van der Waals surface area contributed by atoms with Crippen molar-refractivity contribution >= 4 is 57.0 Å². The molecule has 1 aromatic heterocycles. The van der Waals surface area contributed by atoms with E-state index in [-0.39, 0.29) is 5.91 Å². The first kappa shape index (κ1) is 16.7. The fourth-order valence-corrected chi connectivity index (χ4v) is 3.88. The van der Waals surface area contributed by atoms with Crippen LogP contribution in [-0.4, -0.2) is 27.3 Å². The van der Waals surface area contributed by atoms with Crippen molar-refractivity contribution in [2.45, 2.75) is 0 Å².